The molecule has 2 nitrogen and oxygen atoms in total. The van der Waals surface area contributed by atoms with Gasteiger partial charge in [-0.05, 0) is 48.4 Å². The first-order chi connectivity index (χ1) is 8.97. The summed E-state index contributed by atoms with van der Waals surface area (Å²) in [6, 6.07) is 8.61. The average Bonchev–Trinajstić information content (AvgIpc) is 3.06. The third-order valence-electron chi connectivity index (χ3n) is 3.82. The molecule has 0 saturated heterocycles. The van der Waals surface area contributed by atoms with Gasteiger partial charge in [-0.15, -0.1) is 0 Å². The third-order valence-corrected chi connectivity index (χ3v) is 3.82. The van der Waals surface area contributed by atoms with E-state index in [1.54, 1.807) is 0 Å². The lowest BCUT2D eigenvalue weighted by molar-refractivity contribution is 0.580. The van der Waals surface area contributed by atoms with Crippen LogP contribution in [0.2, 0.25) is 0 Å². The summed E-state index contributed by atoms with van der Waals surface area (Å²) in [6.07, 6.45) is 4.68. The van der Waals surface area contributed by atoms with Gasteiger partial charge in [0, 0.05) is 5.92 Å². The molecule has 0 unspecified atom stereocenters. The standard InChI is InChI=1S/C17H22N2/c1-12-6-5-7-14(10-12)19-16(13-8-9-13)15(11-18-19)17(2,3)4/h5-7,10-11,13H,8-9H2,1-4H3. The average molecular weight is 254 g/mol. The number of rotatable bonds is 2. The van der Waals surface area contributed by atoms with Gasteiger partial charge >= 0.3 is 0 Å². The van der Waals surface area contributed by atoms with E-state index >= 15 is 0 Å². The fourth-order valence-corrected chi connectivity index (χ4v) is 2.65. The third kappa shape index (κ3) is 2.32. The van der Waals surface area contributed by atoms with Crippen LogP contribution in [0.25, 0.3) is 5.69 Å². The fraction of sp³-hybridized carbons (Fsp3) is 0.471. The molecule has 0 atom stereocenters. The Morgan fingerprint density at radius 1 is 1.21 bits per heavy atom. The SMILES string of the molecule is Cc1cccc(-n2ncc(C(C)(C)C)c2C2CC2)c1. The minimum absolute atomic E-state index is 0.167. The Bertz CT molecular complexity index is 598. The van der Waals surface area contributed by atoms with Gasteiger partial charge in [0.2, 0.25) is 0 Å². The monoisotopic (exact) mass is 254 g/mol. The molecule has 19 heavy (non-hydrogen) atoms. The molecule has 1 aromatic heterocycles. The fourth-order valence-electron chi connectivity index (χ4n) is 2.65. The molecule has 0 amide bonds. The number of benzene rings is 1. The van der Waals surface area contributed by atoms with Crippen LogP contribution in [0.15, 0.2) is 30.5 Å². The van der Waals surface area contributed by atoms with Gasteiger partial charge in [0.1, 0.15) is 0 Å². The Kier molecular flexibility index (Phi) is 2.77. The first kappa shape index (κ1) is 12.5. The highest BCUT2D eigenvalue weighted by molar-refractivity contribution is 5.41. The Morgan fingerprint density at radius 3 is 2.53 bits per heavy atom. The number of hydrogen-bond donors (Lipinski definition) is 0. The molecule has 2 heteroatoms. The van der Waals surface area contributed by atoms with E-state index in [0.717, 1.165) is 0 Å². The summed E-state index contributed by atoms with van der Waals surface area (Å²) in [4.78, 5) is 0. The molecular weight excluding hydrogens is 232 g/mol. The second-order valence-corrected chi connectivity index (χ2v) is 6.72. The van der Waals surface area contributed by atoms with Crippen LogP contribution in [-0.4, -0.2) is 9.78 Å². The number of nitrogens with zero attached hydrogens (tertiary/aromatic N) is 2. The summed E-state index contributed by atoms with van der Waals surface area (Å²) >= 11 is 0. The summed E-state index contributed by atoms with van der Waals surface area (Å²) in [5.74, 6) is 0.706. The Hall–Kier alpha value is -1.57. The molecule has 1 saturated carbocycles. The summed E-state index contributed by atoms with van der Waals surface area (Å²) in [6.45, 7) is 8.96. The van der Waals surface area contributed by atoms with E-state index in [1.807, 2.05) is 0 Å². The highest BCUT2D eigenvalue weighted by atomic mass is 15.3. The lowest BCUT2D eigenvalue weighted by Gasteiger charge is -2.20. The van der Waals surface area contributed by atoms with Crippen LogP contribution in [-0.2, 0) is 5.41 Å². The van der Waals surface area contributed by atoms with E-state index in [2.05, 4.69) is 67.9 Å². The van der Waals surface area contributed by atoms with Crippen LogP contribution in [0, 0.1) is 6.92 Å². The van der Waals surface area contributed by atoms with E-state index in [9.17, 15) is 0 Å². The number of aryl methyl sites for hydroxylation is 1. The van der Waals surface area contributed by atoms with Crippen molar-refractivity contribution < 1.29 is 0 Å². The quantitative estimate of drug-likeness (QED) is 0.778. The van der Waals surface area contributed by atoms with Gasteiger partial charge in [0.05, 0.1) is 17.6 Å². The molecule has 1 aliphatic carbocycles. The topological polar surface area (TPSA) is 17.8 Å². The zero-order valence-corrected chi connectivity index (χ0v) is 12.3. The van der Waals surface area contributed by atoms with Gasteiger partial charge < -0.3 is 0 Å². The molecule has 0 aliphatic heterocycles. The van der Waals surface area contributed by atoms with Crippen molar-refractivity contribution in [2.75, 3.05) is 0 Å². The molecule has 3 rings (SSSR count). The Morgan fingerprint density at radius 2 is 1.95 bits per heavy atom. The molecule has 1 aliphatic rings. The molecule has 0 radical (unpaired) electrons. The van der Waals surface area contributed by atoms with Crippen LogP contribution in [0.4, 0.5) is 0 Å². The minimum Gasteiger partial charge on any atom is -0.237 e. The molecule has 1 aromatic carbocycles. The van der Waals surface area contributed by atoms with Gasteiger partial charge in [-0.3, -0.25) is 0 Å². The van der Waals surface area contributed by atoms with Crippen molar-refractivity contribution in [1.82, 2.24) is 9.78 Å². The van der Waals surface area contributed by atoms with E-state index in [4.69, 9.17) is 0 Å². The Balaban J connectivity index is 2.14. The summed E-state index contributed by atoms with van der Waals surface area (Å²) in [5.41, 5.74) is 5.47. The van der Waals surface area contributed by atoms with Crippen LogP contribution < -0.4 is 0 Å². The smallest absolute Gasteiger partial charge is 0.0651 e. The normalized spacial score (nSPS) is 15.8. The minimum atomic E-state index is 0.167. The maximum atomic E-state index is 4.67. The zero-order valence-electron chi connectivity index (χ0n) is 12.3. The maximum Gasteiger partial charge on any atom is 0.0651 e. The number of aromatic nitrogens is 2. The van der Waals surface area contributed by atoms with Crippen LogP contribution in [0.1, 0.15) is 56.4 Å². The second-order valence-electron chi connectivity index (χ2n) is 6.72. The highest BCUT2D eigenvalue weighted by Gasteiger charge is 2.34. The van der Waals surface area contributed by atoms with Crippen molar-refractivity contribution in [2.24, 2.45) is 0 Å². The van der Waals surface area contributed by atoms with Crippen molar-refractivity contribution in [3.05, 3.63) is 47.3 Å². The summed E-state index contributed by atoms with van der Waals surface area (Å²) < 4.78 is 2.16. The molecule has 0 N–H and O–H groups in total. The van der Waals surface area contributed by atoms with Crippen molar-refractivity contribution in [2.45, 2.75) is 51.9 Å². The Labute approximate surface area is 115 Å². The first-order valence-electron chi connectivity index (χ1n) is 7.12. The van der Waals surface area contributed by atoms with Crippen molar-refractivity contribution in [3.63, 3.8) is 0 Å². The van der Waals surface area contributed by atoms with Crippen LogP contribution >= 0.6 is 0 Å². The van der Waals surface area contributed by atoms with Gasteiger partial charge in [-0.2, -0.15) is 5.10 Å². The van der Waals surface area contributed by atoms with Gasteiger partial charge in [-0.25, -0.2) is 4.68 Å². The van der Waals surface area contributed by atoms with E-state index in [0.29, 0.717) is 5.92 Å². The molecule has 100 valence electrons. The first-order valence-corrected chi connectivity index (χ1v) is 7.12. The van der Waals surface area contributed by atoms with Crippen LogP contribution in [0.3, 0.4) is 0 Å². The predicted molar refractivity (Wildman–Crippen MR) is 79.0 cm³/mol. The van der Waals surface area contributed by atoms with Gasteiger partial charge in [0.15, 0.2) is 0 Å². The van der Waals surface area contributed by atoms with E-state index in [-0.39, 0.29) is 5.41 Å². The molecule has 0 bridgehead atoms. The summed E-state index contributed by atoms with van der Waals surface area (Å²) in [7, 11) is 0. The van der Waals surface area contributed by atoms with Gasteiger partial charge in [-0.1, -0.05) is 32.9 Å². The van der Waals surface area contributed by atoms with E-state index in [1.165, 1.54) is 35.3 Å². The molecule has 1 heterocycles. The maximum absolute atomic E-state index is 4.67. The van der Waals surface area contributed by atoms with Crippen molar-refractivity contribution >= 4 is 0 Å². The van der Waals surface area contributed by atoms with Crippen molar-refractivity contribution in [3.8, 4) is 5.69 Å². The predicted octanol–water partition coefficient (Wildman–Crippen LogP) is 4.36. The molecule has 0 spiro atoms. The zero-order chi connectivity index (χ0) is 13.6. The number of hydrogen-bond acceptors (Lipinski definition) is 1. The molecule has 1 fully saturated rings. The lowest BCUT2D eigenvalue weighted by Crippen LogP contribution is -2.14. The molecular formula is C17H22N2. The lowest BCUT2D eigenvalue weighted by atomic mass is 9.86. The second kappa shape index (κ2) is 4.22. The summed E-state index contributed by atoms with van der Waals surface area (Å²) in [5, 5.41) is 4.67. The van der Waals surface area contributed by atoms with Crippen LogP contribution in [0.5, 0.6) is 0 Å². The van der Waals surface area contributed by atoms with Crippen molar-refractivity contribution in [1.29, 1.82) is 0 Å². The largest absolute Gasteiger partial charge is 0.237 e. The highest BCUT2D eigenvalue weighted by Crippen LogP contribution is 2.45. The van der Waals surface area contributed by atoms with Gasteiger partial charge in [0.25, 0.3) is 0 Å². The van der Waals surface area contributed by atoms with E-state index < -0.39 is 0 Å². The molecule has 2 aromatic rings.